The Labute approximate surface area is 67.8 Å². The van der Waals surface area contributed by atoms with Crippen molar-refractivity contribution in [1.29, 1.82) is 0 Å². The van der Waals surface area contributed by atoms with Gasteiger partial charge in [0.25, 0.3) is 0 Å². The average molecular weight is 156 g/mol. The topological polar surface area (TPSA) is 32.3 Å². The maximum absolute atomic E-state index is 10.9. The summed E-state index contributed by atoms with van der Waals surface area (Å²) in [5.41, 5.74) is 0. The van der Waals surface area contributed by atoms with Gasteiger partial charge in [-0.15, -0.1) is 0 Å². The SMILES string of the molecule is CNC1CC(N(C)C(C)=O)C1. The van der Waals surface area contributed by atoms with Crippen LogP contribution in [0, 0.1) is 0 Å². The molecule has 3 heteroatoms. The van der Waals surface area contributed by atoms with E-state index in [0.29, 0.717) is 12.1 Å². The lowest BCUT2D eigenvalue weighted by molar-refractivity contribution is -0.131. The summed E-state index contributed by atoms with van der Waals surface area (Å²) in [6.45, 7) is 1.62. The molecule has 0 aromatic rings. The van der Waals surface area contributed by atoms with Gasteiger partial charge in [-0.25, -0.2) is 0 Å². The molecule has 1 amide bonds. The van der Waals surface area contributed by atoms with Gasteiger partial charge in [-0.2, -0.15) is 0 Å². The van der Waals surface area contributed by atoms with Crippen molar-refractivity contribution in [3.8, 4) is 0 Å². The molecule has 0 unspecified atom stereocenters. The predicted octanol–water partition coefficient (Wildman–Crippen LogP) is 0.215. The second kappa shape index (κ2) is 3.22. The Bertz CT molecular complexity index is 152. The third-order valence-corrected chi connectivity index (χ3v) is 2.57. The number of hydrogen-bond donors (Lipinski definition) is 1. The highest BCUT2D eigenvalue weighted by molar-refractivity contribution is 5.73. The third kappa shape index (κ3) is 1.71. The van der Waals surface area contributed by atoms with Crippen LogP contribution in [0.25, 0.3) is 0 Å². The van der Waals surface area contributed by atoms with Gasteiger partial charge >= 0.3 is 0 Å². The number of carbonyl (C=O) groups is 1. The van der Waals surface area contributed by atoms with Crippen LogP contribution in [0.1, 0.15) is 19.8 Å². The molecule has 3 nitrogen and oxygen atoms in total. The van der Waals surface area contributed by atoms with E-state index in [0.717, 1.165) is 12.8 Å². The first-order chi connectivity index (χ1) is 5.15. The van der Waals surface area contributed by atoms with Crippen molar-refractivity contribution in [2.24, 2.45) is 0 Å². The van der Waals surface area contributed by atoms with Crippen molar-refractivity contribution in [2.45, 2.75) is 31.8 Å². The lowest BCUT2D eigenvalue weighted by Gasteiger charge is -2.40. The first-order valence-corrected chi connectivity index (χ1v) is 4.05. The summed E-state index contributed by atoms with van der Waals surface area (Å²) < 4.78 is 0. The van der Waals surface area contributed by atoms with E-state index in [1.807, 2.05) is 19.0 Å². The van der Waals surface area contributed by atoms with Crippen LogP contribution in [0.4, 0.5) is 0 Å². The molecule has 0 heterocycles. The fraction of sp³-hybridized carbons (Fsp3) is 0.875. The minimum absolute atomic E-state index is 0.171. The van der Waals surface area contributed by atoms with Gasteiger partial charge in [-0.3, -0.25) is 4.79 Å². The molecular weight excluding hydrogens is 140 g/mol. The lowest BCUT2D eigenvalue weighted by atomic mass is 9.86. The van der Waals surface area contributed by atoms with Gasteiger partial charge in [0.15, 0.2) is 0 Å². The maximum atomic E-state index is 10.9. The van der Waals surface area contributed by atoms with E-state index < -0.39 is 0 Å². The summed E-state index contributed by atoms with van der Waals surface area (Å²) >= 11 is 0. The first-order valence-electron chi connectivity index (χ1n) is 4.05. The molecule has 0 spiro atoms. The van der Waals surface area contributed by atoms with E-state index in [4.69, 9.17) is 0 Å². The monoisotopic (exact) mass is 156 g/mol. The van der Waals surface area contributed by atoms with Crippen LogP contribution in [-0.4, -0.2) is 37.0 Å². The molecule has 0 atom stereocenters. The first kappa shape index (κ1) is 8.53. The Hall–Kier alpha value is -0.570. The van der Waals surface area contributed by atoms with Gasteiger partial charge in [0, 0.05) is 26.1 Å². The van der Waals surface area contributed by atoms with Crippen LogP contribution in [0.3, 0.4) is 0 Å². The van der Waals surface area contributed by atoms with Crippen LogP contribution in [0.15, 0.2) is 0 Å². The van der Waals surface area contributed by atoms with E-state index in [1.165, 1.54) is 0 Å². The Balaban J connectivity index is 2.26. The van der Waals surface area contributed by atoms with Gasteiger partial charge in [-0.05, 0) is 19.9 Å². The highest BCUT2D eigenvalue weighted by Gasteiger charge is 2.31. The van der Waals surface area contributed by atoms with Crippen LogP contribution in [-0.2, 0) is 4.79 Å². The summed E-state index contributed by atoms with van der Waals surface area (Å²) in [6.07, 6.45) is 2.21. The standard InChI is InChI=1S/C8H16N2O/c1-6(11)10(3)8-4-7(5-8)9-2/h7-9H,4-5H2,1-3H3. The molecule has 1 aliphatic rings. The van der Waals surface area contributed by atoms with E-state index in [-0.39, 0.29) is 5.91 Å². The van der Waals surface area contributed by atoms with E-state index >= 15 is 0 Å². The molecule has 0 saturated heterocycles. The highest BCUT2D eigenvalue weighted by atomic mass is 16.2. The maximum Gasteiger partial charge on any atom is 0.219 e. The fourth-order valence-corrected chi connectivity index (χ4v) is 1.40. The molecule has 1 N–H and O–H groups in total. The molecule has 11 heavy (non-hydrogen) atoms. The summed E-state index contributed by atoms with van der Waals surface area (Å²) in [4.78, 5) is 12.7. The van der Waals surface area contributed by atoms with Crippen molar-refractivity contribution in [2.75, 3.05) is 14.1 Å². The number of nitrogens with one attached hydrogen (secondary N) is 1. The van der Waals surface area contributed by atoms with Crippen molar-refractivity contribution >= 4 is 5.91 Å². The smallest absolute Gasteiger partial charge is 0.219 e. The quantitative estimate of drug-likeness (QED) is 0.620. The minimum Gasteiger partial charge on any atom is -0.343 e. The van der Waals surface area contributed by atoms with Gasteiger partial charge in [-0.1, -0.05) is 0 Å². The average Bonchev–Trinajstić information content (AvgIpc) is 1.85. The van der Waals surface area contributed by atoms with Gasteiger partial charge in [0.2, 0.25) is 5.91 Å². The zero-order valence-electron chi connectivity index (χ0n) is 7.42. The summed E-state index contributed by atoms with van der Waals surface area (Å²) in [7, 11) is 3.84. The van der Waals surface area contributed by atoms with E-state index in [1.54, 1.807) is 6.92 Å². The number of amides is 1. The van der Waals surface area contributed by atoms with Crippen molar-refractivity contribution in [1.82, 2.24) is 10.2 Å². The Kier molecular flexibility index (Phi) is 2.49. The van der Waals surface area contributed by atoms with Gasteiger partial charge in [0.1, 0.15) is 0 Å². The number of carbonyl (C=O) groups excluding carboxylic acids is 1. The highest BCUT2D eigenvalue weighted by Crippen LogP contribution is 2.24. The van der Waals surface area contributed by atoms with Crippen LogP contribution < -0.4 is 5.32 Å². The van der Waals surface area contributed by atoms with Crippen molar-refractivity contribution in [3.63, 3.8) is 0 Å². The Morgan fingerprint density at radius 2 is 2.09 bits per heavy atom. The normalized spacial score (nSPS) is 29.4. The molecule has 0 aromatic carbocycles. The van der Waals surface area contributed by atoms with Gasteiger partial charge < -0.3 is 10.2 Å². The van der Waals surface area contributed by atoms with Crippen LogP contribution in [0.5, 0.6) is 0 Å². The number of rotatable bonds is 2. The van der Waals surface area contributed by atoms with E-state index in [9.17, 15) is 4.79 Å². The van der Waals surface area contributed by atoms with Gasteiger partial charge in [0.05, 0.1) is 0 Å². The van der Waals surface area contributed by atoms with E-state index in [2.05, 4.69) is 5.32 Å². The molecule has 1 rings (SSSR count). The summed E-state index contributed by atoms with van der Waals surface area (Å²) in [6, 6.07) is 1.10. The number of nitrogens with zero attached hydrogens (tertiary/aromatic N) is 1. The Morgan fingerprint density at radius 1 is 1.55 bits per heavy atom. The van der Waals surface area contributed by atoms with Crippen LogP contribution >= 0.6 is 0 Å². The second-order valence-electron chi connectivity index (χ2n) is 3.24. The Morgan fingerprint density at radius 3 is 2.45 bits per heavy atom. The fourth-order valence-electron chi connectivity index (χ4n) is 1.40. The molecule has 1 aliphatic carbocycles. The molecular formula is C8H16N2O. The zero-order chi connectivity index (χ0) is 8.43. The third-order valence-electron chi connectivity index (χ3n) is 2.57. The lowest BCUT2D eigenvalue weighted by Crippen LogP contribution is -2.51. The molecule has 1 saturated carbocycles. The second-order valence-corrected chi connectivity index (χ2v) is 3.24. The predicted molar refractivity (Wildman–Crippen MR) is 44.3 cm³/mol. The number of hydrogen-bond acceptors (Lipinski definition) is 2. The van der Waals surface area contributed by atoms with Crippen LogP contribution in [0.2, 0.25) is 0 Å². The van der Waals surface area contributed by atoms with Crippen molar-refractivity contribution in [3.05, 3.63) is 0 Å². The molecule has 0 bridgehead atoms. The molecule has 64 valence electrons. The molecule has 0 aromatic heterocycles. The minimum atomic E-state index is 0.171. The molecule has 1 fully saturated rings. The van der Waals surface area contributed by atoms with Crippen molar-refractivity contribution < 1.29 is 4.79 Å². The molecule has 0 radical (unpaired) electrons. The largest absolute Gasteiger partial charge is 0.343 e. The summed E-state index contributed by atoms with van der Waals surface area (Å²) in [5, 5.41) is 3.19. The summed E-state index contributed by atoms with van der Waals surface area (Å²) in [5.74, 6) is 0.171. The molecule has 0 aliphatic heterocycles. The zero-order valence-corrected chi connectivity index (χ0v) is 7.42.